The minimum absolute atomic E-state index is 0.0675. The normalized spacial score (nSPS) is 11.2. The molecule has 0 amide bonds. The average Bonchev–Trinajstić information content (AvgIpc) is 2.28. The number of ether oxygens (including phenoxy) is 1. The smallest absolute Gasteiger partial charge is 0.433 e. The zero-order valence-corrected chi connectivity index (χ0v) is 9.99. The number of rotatable bonds is 4. The Kier molecular flexibility index (Phi) is 4.52. The van der Waals surface area contributed by atoms with Gasteiger partial charge in [0.15, 0.2) is 0 Å². The number of carbonyl (C=O) groups is 1. The van der Waals surface area contributed by atoms with Crippen LogP contribution in [0.5, 0.6) is 0 Å². The number of hydrogen-bond acceptors (Lipinski definition) is 4. The van der Waals surface area contributed by atoms with E-state index in [0.29, 0.717) is 0 Å². The van der Waals surface area contributed by atoms with Crippen LogP contribution < -0.4 is 4.90 Å². The summed E-state index contributed by atoms with van der Waals surface area (Å²) in [5, 5.41) is 0. The Labute approximate surface area is 102 Å². The average molecular weight is 262 g/mol. The largest absolute Gasteiger partial charge is 0.465 e. The number of esters is 1. The zero-order valence-electron chi connectivity index (χ0n) is 9.99. The molecule has 0 radical (unpaired) electrons. The summed E-state index contributed by atoms with van der Waals surface area (Å²) in [6.45, 7) is 1.73. The summed E-state index contributed by atoms with van der Waals surface area (Å²) in [7, 11) is 1.47. The van der Waals surface area contributed by atoms with Gasteiger partial charge in [-0.15, -0.1) is 0 Å². The highest BCUT2D eigenvalue weighted by Crippen LogP contribution is 2.28. The Morgan fingerprint density at radius 3 is 2.67 bits per heavy atom. The van der Waals surface area contributed by atoms with Crippen LogP contribution in [0.3, 0.4) is 0 Å². The summed E-state index contributed by atoms with van der Waals surface area (Å²) in [5.41, 5.74) is -0.990. The Bertz CT molecular complexity index is 421. The van der Waals surface area contributed by atoms with Crippen molar-refractivity contribution in [2.45, 2.75) is 13.1 Å². The van der Waals surface area contributed by atoms with Crippen LogP contribution >= 0.6 is 0 Å². The maximum absolute atomic E-state index is 12.4. The lowest BCUT2D eigenvalue weighted by atomic mass is 10.3. The quantitative estimate of drug-likeness (QED) is 0.779. The molecule has 0 fully saturated rings. The van der Waals surface area contributed by atoms with Gasteiger partial charge in [0.05, 0.1) is 6.61 Å². The van der Waals surface area contributed by atoms with Gasteiger partial charge in [0.2, 0.25) is 0 Å². The molecule has 0 aliphatic rings. The number of nitrogens with zero attached hydrogens (tertiary/aromatic N) is 2. The van der Waals surface area contributed by atoms with Crippen LogP contribution in [0.1, 0.15) is 12.6 Å². The van der Waals surface area contributed by atoms with Crippen LogP contribution in [-0.4, -0.2) is 31.2 Å². The molecule has 0 aliphatic carbocycles. The number of likely N-dealkylation sites (N-methyl/N-ethyl adjacent to an activating group) is 1. The molecule has 1 heterocycles. The molecular weight excluding hydrogens is 249 g/mol. The highest BCUT2D eigenvalue weighted by molar-refractivity contribution is 5.75. The third kappa shape index (κ3) is 3.90. The van der Waals surface area contributed by atoms with Crippen LogP contribution in [0.25, 0.3) is 0 Å². The molecule has 0 spiro atoms. The van der Waals surface area contributed by atoms with Gasteiger partial charge in [-0.2, -0.15) is 13.2 Å². The SMILES string of the molecule is CCOC(=O)CN(C)c1cccc(C(F)(F)F)n1. The van der Waals surface area contributed by atoms with E-state index in [9.17, 15) is 18.0 Å². The van der Waals surface area contributed by atoms with Crippen molar-refractivity contribution in [1.29, 1.82) is 0 Å². The van der Waals surface area contributed by atoms with Gasteiger partial charge in [-0.3, -0.25) is 4.79 Å². The molecule has 1 aromatic heterocycles. The number of hydrogen-bond donors (Lipinski definition) is 0. The lowest BCUT2D eigenvalue weighted by Crippen LogP contribution is -2.28. The molecule has 100 valence electrons. The fraction of sp³-hybridized carbons (Fsp3) is 0.455. The van der Waals surface area contributed by atoms with Gasteiger partial charge >= 0.3 is 12.1 Å². The highest BCUT2D eigenvalue weighted by atomic mass is 19.4. The van der Waals surface area contributed by atoms with Crippen LogP contribution in [0.15, 0.2) is 18.2 Å². The first-order valence-corrected chi connectivity index (χ1v) is 5.25. The lowest BCUT2D eigenvalue weighted by molar-refractivity contribution is -0.141. The minimum Gasteiger partial charge on any atom is -0.465 e. The minimum atomic E-state index is -4.50. The van der Waals surface area contributed by atoms with Gasteiger partial charge in [0.1, 0.15) is 18.1 Å². The standard InChI is InChI=1S/C11H13F3N2O2/c1-3-18-10(17)7-16(2)9-6-4-5-8(15-9)11(12,13)14/h4-6H,3,7H2,1-2H3. The van der Waals surface area contributed by atoms with Crippen molar-refractivity contribution in [1.82, 2.24) is 4.98 Å². The van der Waals surface area contributed by atoms with Crippen LogP contribution in [-0.2, 0) is 15.7 Å². The van der Waals surface area contributed by atoms with Gasteiger partial charge in [0.25, 0.3) is 0 Å². The van der Waals surface area contributed by atoms with Crippen LogP contribution in [0.4, 0.5) is 19.0 Å². The molecule has 0 saturated carbocycles. The second-order valence-electron chi connectivity index (χ2n) is 3.54. The molecule has 4 nitrogen and oxygen atoms in total. The second kappa shape index (κ2) is 5.70. The first-order chi connectivity index (χ1) is 8.34. The zero-order chi connectivity index (χ0) is 13.8. The van der Waals surface area contributed by atoms with E-state index in [4.69, 9.17) is 4.74 Å². The molecule has 0 aliphatic heterocycles. The molecule has 0 bridgehead atoms. The second-order valence-corrected chi connectivity index (χ2v) is 3.54. The third-order valence-electron chi connectivity index (χ3n) is 2.09. The summed E-state index contributed by atoms with van der Waals surface area (Å²) in [4.78, 5) is 15.9. The van der Waals surface area contributed by atoms with E-state index in [1.54, 1.807) is 6.92 Å². The van der Waals surface area contributed by atoms with Crippen molar-refractivity contribution in [3.05, 3.63) is 23.9 Å². The van der Waals surface area contributed by atoms with Gasteiger partial charge < -0.3 is 9.64 Å². The van der Waals surface area contributed by atoms with E-state index >= 15 is 0 Å². The Balaban J connectivity index is 2.80. The van der Waals surface area contributed by atoms with E-state index in [0.717, 1.165) is 6.07 Å². The van der Waals surface area contributed by atoms with E-state index in [2.05, 4.69) is 4.98 Å². The molecule has 0 atom stereocenters. The molecule has 1 aromatic rings. The molecule has 0 aromatic carbocycles. The highest BCUT2D eigenvalue weighted by Gasteiger charge is 2.32. The predicted octanol–water partition coefficient (Wildman–Crippen LogP) is 2.10. The number of aromatic nitrogens is 1. The fourth-order valence-electron chi connectivity index (χ4n) is 1.28. The topological polar surface area (TPSA) is 42.4 Å². The van der Waals surface area contributed by atoms with Gasteiger partial charge in [0, 0.05) is 7.05 Å². The van der Waals surface area contributed by atoms with E-state index in [1.807, 2.05) is 0 Å². The summed E-state index contributed by atoms with van der Waals surface area (Å²) < 4.78 is 42.0. The van der Waals surface area contributed by atoms with Gasteiger partial charge in [-0.1, -0.05) is 6.07 Å². The van der Waals surface area contributed by atoms with E-state index in [-0.39, 0.29) is 19.0 Å². The van der Waals surface area contributed by atoms with Crippen molar-refractivity contribution >= 4 is 11.8 Å². The van der Waals surface area contributed by atoms with Crippen molar-refractivity contribution in [2.24, 2.45) is 0 Å². The third-order valence-corrected chi connectivity index (χ3v) is 2.09. The molecule has 18 heavy (non-hydrogen) atoms. The monoisotopic (exact) mass is 262 g/mol. The molecule has 1 rings (SSSR count). The first kappa shape index (κ1) is 14.3. The number of alkyl halides is 3. The predicted molar refractivity (Wildman–Crippen MR) is 59.1 cm³/mol. The molecule has 7 heteroatoms. The maximum atomic E-state index is 12.4. The number of halogens is 3. The van der Waals surface area contributed by atoms with Crippen LogP contribution in [0.2, 0.25) is 0 Å². The van der Waals surface area contributed by atoms with Crippen molar-refractivity contribution < 1.29 is 22.7 Å². The number of pyridine rings is 1. The summed E-state index contributed by atoms with van der Waals surface area (Å²) in [5.74, 6) is -0.447. The summed E-state index contributed by atoms with van der Waals surface area (Å²) in [6.07, 6.45) is -4.50. The number of anilines is 1. The van der Waals surface area contributed by atoms with Crippen LogP contribution in [0, 0.1) is 0 Å². The van der Waals surface area contributed by atoms with E-state index in [1.165, 1.54) is 24.1 Å². The molecular formula is C11H13F3N2O2. The molecule has 0 N–H and O–H groups in total. The Morgan fingerprint density at radius 2 is 2.11 bits per heavy atom. The molecule has 0 saturated heterocycles. The summed E-state index contributed by atoms with van der Waals surface area (Å²) in [6, 6.07) is 3.52. The van der Waals surface area contributed by atoms with Crippen molar-refractivity contribution in [2.75, 3.05) is 25.1 Å². The van der Waals surface area contributed by atoms with E-state index < -0.39 is 17.8 Å². The Morgan fingerprint density at radius 1 is 1.44 bits per heavy atom. The Hall–Kier alpha value is -1.79. The van der Waals surface area contributed by atoms with Crippen molar-refractivity contribution in [3.8, 4) is 0 Å². The van der Waals surface area contributed by atoms with Crippen molar-refractivity contribution in [3.63, 3.8) is 0 Å². The lowest BCUT2D eigenvalue weighted by Gasteiger charge is -2.18. The van der Waals surface area contributed by atoms with Gasteiger partial charge in [-0.05, 0) is 19.1 Å². The summed E-state index contributed by atoms with van der Waals surface area (Å²) >= 11 is 0. The molecule has 0 unspecified atom stereocenters. The number of carbonyl (C=O) groups excluding carboxylic acids is 1. The fourth-order valence-corrected chi connectivity index (χ4v) is 1.28. The maximum Gasteiger partial charge on any atom is 0.433 e. The first-order valence-electron chi connectivity index (χ1n) is 5.25. The van der Waals surface area contributed by atoms with Gasteiger partial charge in [-0.25, -0.2) is 4.98 Å².